The van der Waals surface area contributed by atoms with Crippen molar-refractivity contribution in [3.8, 4) is 0 Å². The van der Waals surface area contributed by atoms with E-state index in [1.807, 2.05) is 0 Å². The average Bonchev–Trinajstić information content (AvgIpc) is 2.09. The van der Waals surface area contributed by atoms with E-state index in [4.69, 9.17) is 0 Å². The summed E-state index contributed by atoms with van der Waals surface area (Å²) in [5.74, 6) is 0.111. The van der Waals surface area contributed by atoms with Crippen LogP contribution < -0.4 is 5.32 Å². The van der Waals surface area contributed by atoms with Crippen molar-refractivity contribution in [3.63, 3.8) is 0 Å². The monoisotopic (exact) mass is 181 g/mol. The molecule has 72 valence electrons. The van der Waals surface area contributed by atoms with Gasteiger partial charge in [-0.1, -0.05) is 6.08 Å². The Labute approximate surface area is 78.2 Å². The summed E-state index contributed by atoms with van der Waals surface area (Å²) in [5.41, 5.74) is -0.649. The zero-order chi connectivity index (χ0) is 9.90. The van der Waals surface area contributed by atoms with Crippen LogP contribution in [0.15, 0.2) is 12.7 Å². The van der Waals surface area contributed by atoms with Crippen molar-refractivity contribution >= 4 is 11.7 Å². The van der Waals surface area contributed by atoms with Gasteiger partial charge >= 0.3 is 0 Å². The molecule has 0 aliphatic carbocycles. The van der Waals surface area contributed by atoms with E-state index in [9.17, 15) is 9.59 Å². The van der Waals surface area contributed by atoms with E-state index in [1.54, 1.807) is 13.0 Å². The van der Waals surface area contributed by atoms with Crippen molar-refractivity contribution in [1.29, 1.82) is 0 Å². The third kappa shape index (κ3) is 2.17. The van der Waals surface area contributed by atoms with E-state index in [0.717, 1.165) is 6.42 Å². The fourth-order valence-electron chi connectivity index (χ4n) is 1.54. The van der Waals surface area contributed by atoms with Crippen LogP contribution in [0.5, 0.6) is 0 Å². The van der Waals surface area contributed by atoms with Gasteiger partial charge in [-0.3, -0.25) is 9.59 Å². The standard InChI is InChI=1S/C10H15NO2/c1-3-4-7-10(2)8(12)5-6-9(13)11-10/h3H,1,4-7H2,2H3,(H,11,13). The van der Waals surface area contributed by atoms with Gasteiger partial charge in [0.25, 0.3) is 0 Å². The Morgan fingerprint density at radius 2 is 2.23 bits per heavy atom. The maximum Gasteiger partial charge on any atom is 0.221 e. The van der Waals surface area contributed by atoms with Gasteiger partial charge in [0, 0.05) is 12.8 Å². The number of hydrogen-bond acceptors (Lipinski definition) is 2. The number of piperidine rings is 1. The predicted octanol–water partition coefficient (Wildman–Crippen LogP) is 1.19. The molecule has 0 bridgehead atoms. The highest BCUT2D eigenvalue weighted by molar-refractivity contribution is 5.98. The number of rotatable bonds is 3. The Hall–Kier alpha value is -1.12. The number of ketones is 1. The summed E-state index contributed by atoms with van der Waals surface area (Å²) in [4.78, 5) is 22.6. The lowest BCUT2D eigenvalue weighted by Crippen LogP contribution is -2.55. The first-order valence-corrected chi connectivity index (χ1v) is 4.54. The first-order chi connectivity index (χ1) is 6.08. The molecule has 1 saturated heterocycles. The van der Waals surface area contributed by atoms with Gasteiger partial charge in [0.1, 0.15) is 0 Å². The molecule has 1 aliphatic heterocycles. The molecular weight excluding hydrogens is 166 g/mol. The minimum absolute atomic E-state index is 0.0221. The highest BCUT2D eigenvalue weighted by atomic mass is 16.2. The van der Waals surface area contributed by atoms with Gasteiger partial charge in [0.2, 0.25) is 5.91 Å². The average molecular weight is 181 g/mol. The molecule has 0 saturated carbocycles. The topological polar surface area (TPSA) is 46.2 Å². The second kappa shape index (κ2) is 3.73. The number of amides is 1. The second-order valence-corrected chi connectivity index (χ2v) is 3.63. The minimum atomic E-state index is -0.649. The van der Waals surface area contributed by atoms with Crippen LogP contribution in [0.25, 0.3) is 0 Å². The van der Waals surface area contributed by atoms with Crippen LogP contribution in [0.1, 0.15) is 32.6 Å². The molecule has 3 nitrogen and oxygen atoms in total. The van der Waals surface area contributed by atoms with Crippen LogP contribution in [0.4, 0.5) is 0 Å². The molecule has 1 aliphatic rings. The molecule has 13 heavy (non-hydrogen) atoms. The number of Topliss-reactive ketones (excluding diaryl/α,β-unsaturated/α-hetero) is 1. The molecule has 1 atom stereocenters. The number of carbonyl (C=O) groups is 2. The summed E-state index contributed by atoms with van der Waals surface area (Å²) in [5, 5.41) is 2.74. The summed E-state index contributed by atoms with van der Waals surface area (Å²) in [6, 6.07) is 0. The maximum absolute atomic E-state index is 11.5. The third-order valence-corrected chi connectivity index (χ3v) is 2.46. The molecule has 1 rings (SSSR count). The summed E-state index contributed by atoms with van der Waals surface area (Å²) < 4.78 is 0. The SMILES string of the molecule is C=CCCC1(C)NC(=O)CCC1=O. The van der Waals surface area contributed by atoms with E-state index in [-0.39, 0.29) is 11.7 Å². The van der Waals surface area contributed by atoms with Gasteiger partial charge in [-0.2, -0.15) is 0 Å². The van der Waals surface area contributed by atoms with E-state index in [0.29, 0.717) is 19.3 Å². The summed E-state index contributed by atoms with van der Waals surface area (Å²) in [6.45, 7) is 5.38. The van der Waals surface area contributed by atoms with Crippen molar-refractivity contribution in [3.05, 3.63) is 12.7 Å². The molecule has 1 fully saturated rings. The zero-order valence-corrected chi connectivity index (χ0v) is 7.93. The Morgan fingerprint density at radius 1 is 1.54 bits per heavy atom. The zero-order valence-electron chi connectivity index (χ0n) is 7.93. The molecule has 3 heteroatoms. The highest BCUT2D eigenvalue weighted by Crippen LogP contribution is 2.20. The fourth-order valence-corrected chi connectivity index (χ4v) is 1.54. The van der Waals surface area contributed by atoms with Crippen molar-refractivity contribution < 1.29 is 9.59 Å². The van der Waals surface area contributed by atoms with Crippen LogP contribution in [-0.4, -0.2) is 17.2 Å². The van der Waals surface area contributed by atoms with Gasteiger partial charge in [0.15, 0.2) is 5.78 Å². The van der Waals surface area contributed by atoms with E-state index in [2.05, 4.69) is 11.9 Å². The van der Waals surface area contributed by atoms with Crippen LogP contribution in [-0.2, 0) is 9.59 Å². The Balaban J connectivity index is 2.66. The molecule has 1 N–H and O–H groups in total. The van der Waals surface area contributed by atoms with Crippen LogP contribution in [0.3, 0.4) is 0 Å². The van der Waals surface area contributed by atoms with Crippen LogP contribution in [0, 0.1) is 0 Å². The summed E-state index contributed by atoms with van der Waals surface area (Å²) in [6.07, 6.45) is 3.88. The quantitative estimate of drug-likeness (QED) is 0.665. The molecular formula is C10H15NO2. The Bertz CT molecular complexity index is 247. The molecule has 0 radical (unpaired) electrons. The van der Waals surface area contributed by atoms with E-state index >= 15 is 0 Å². The number of nitrogens with one attached hydrogen (secondary N) is 1. The van der Waals surface area contributed by atoms with Crippen molar-refractivity contribution in [2.24, 2.45) is 0 Å². The minimum Gasteiger partial charge on any atom is -0.344 e. The fraction of sp³-hybridized carbons (Fsp3) is 0.600. The van der Waals surface area contributed by atoms with Crippen LogP contribution in [0.2, 0.25) is 0 Å². The van der Waals surface area contributed by atoms with Gasteiger partial charge in [0.05, 0.1) is 5.54 Å². The largest absolute Gasteiger partial charge is 0.344 e. The van der Waals surface area contributed by atoms with E-state index in [1.165, 1.54) is 0 Å². The maximum atomic E-state index is 11.5. The van der Waals surface area contributed by atoms with Gasteiger partial charge in [-0.15, -0.1) is 6.58 Å². The van der Waals surface area contributed by atoms with Gasteiger partial charge < -0.3 is 5.32 Å². The first-order valence-electron chi connectivity index (χ1n) is 4.54. The third-order valence-electron chi connectivity index (χ3n) is 2.46. The second-order valence-electron chi connectivity index (χ2n) is 3.63. The molecule has 1 heterocycles. The number of allylic oxidation sites excluding steroid dienone is 1. The molecule has 0 aromatic rings. The number of hydrogen-bond donors (Lipinski definition) is 1. The first kappa shape index (κ1) is 9.96. The lowest BCUT2D eigenvalue weighted by atomic mass is 9.85. The lowest BCUT2D eigenvalue weighted by molar-refractivity contribution is -0.137. The normalized spacial score (nSPS) is 28.4. The smallest absolute Gasteiger partial charge is 0.221 e. The summed E-state index contributed by atoms with van der Waals surface area (Å²) in [7, 11) is 0. The number of carbonyl (C=O) groups excluding carboxylic acids is 2. The summed E-state index contributed by atoms with van der Waals surface area (Å²) >= 11 is 0. The van der Waals surface area contributed by atoms with Gasteiger partial charge in [-0.25, -0.2) is 0 Å². The van der Waals surface area contributed by atoms with Crippen molar-refractivity contribution in [2.45, 2.75) is 38.1 Å². The molecule has 0 spiro atoms. The molecule has 1 amide bonds. The van der Waals surface area contributed by atoms with Crippen molar-refractivity contribution in [1.82, 2.24) is 5.32 Å². The Morgan fingerprint density at radius 3 is 2.85 bits per heavy atom. The molecule has 0 aromatic carbocycles. The van der Waals surface area contributed by atoms with E-state index < -0.39 is 5.54 Å². The highest BCUT2D eigenvalue weighted by Gasteiger charge is 2.36. The predicted molar refractivity (Wildman–Crippen MR) is 50.2 cm³/mol. The van der Waals surface area contributed by atoms with Crippen LogP contribution >= 0.6 is 0 Å². The van der Waals surface area contributed by atoms with Crippen molar-refractivity contribution in [2.75, 3.05) is 0 Å². The molecule has 0 aromatic heterocycles. The lowest BCUT2D eigenvalue weighted by Gasteiger charge is -2.32. The molecule has 1 unspecified atom stereocenters. The van der Waals surface area contributed by atoms with Gasteiger partial charge in [-0.05, 0) is 19.8 Å². The Kier molecular flexibility index (Phi) is 2.86.